The molecule has 0 spiro atoms. The van der Waals surface area contributed by atoms with Gasteiger partial charge in [-0.25, -0.2) is 0 Å². The van der Waals surface area contributed by atoms with Gasteiger partial charge in [0.1, 0.15) is 0 Å². The molecule has 0 aliphatic carbocycles. The summed E-state index contributed by atoms with van der Waals surface area (Å²) in [5.74, 6) is -3.05. The fourth-order valence-electron chi connectivity index (χ4n) is 2.04. The number of ketones is 2. The molecule has 1 aliphatic heterocycles. The van der Waals surface area contributed by atoms with Crippen molar-refractivity contribution in [2.45, 2.75) is 32.9 Å². The first-order chi connectivity index (χ1) is 8.31. The first-order valence-corrected chi connectivity index (χ1v) is 5.56. The molecule has 4 atom stereocenters. The minimum Gasteiger partial charge on any atom is -0.393 e. The van der Waals surface area contributed by atoms with Gasteiger partial charge in [0.2, 0.25) is 11.7 Å². The van der Waals surface area contributed by atoms with E-state index in [9.17, 15) is 19.5 Å². The van der Waals surface area contributed by atoms with Gasteiger partial charge in [0, 0.05) is 12.8 Å². The van der Waals surface area contributed by atoms with Gasteiger partial charge in [0.25, 0.3) is 5.78 Å². The number of nitrogens with one attached hydrogen (secondary N) is 1. The van der Waals surface area contributed by atoms with E-state index >= 15 is 0 Å². The van der Waals surface area contributed by atoms with Gasteiger partial charge in [-0.3, -0.25) is 14.4 Å². The van der Waals surface area contributed by atoms with E-state index in [4.69, 9.17) is 5.53 Å². The fourth-order valence-corrected chi connectivity index (χ4v) is 2.04. The van der Waals surface area contributed by atoms with Crippen molar-refractivity contribution in [2.24, 2.45) is 11.8 Å². The number of hydrogen-bond acceptors (Lipinski definition) is 4. The van der Waals surface area contributed by atoms with Gasteiger partial charge >= 0.3 is 5.71 Å². The molecule has 0 bridgehead atoms. The van der Waals surface area contributed by atoms with Gasteiger partial charge in [-0.05, 0) is 6.92 Å². The molecule has 1 fully saturated rings. The number of carbonyl (C=O) groups is 3. The van der Waals surface area contributed by atoms with Crippen molar-refractivity contribution in [3.63, 3.8) is 0 Å². The van der Waals surface area contributed by atoms with Gasteiger partial charge < -0.3 is 16.0 Å². The number of nitrogens with zero attached hydrogens (tertiary/aromatic N) is 2. The third kappa shape index (κ3) is 2.37. The Morgan fingerprint density at radius 3 is 2.33 bits per heavy atom. The highest BCUT2D eigenvalue weighted by Gasteiger charge is 2.49. The van der Waals surface area contributed by atoms with Crippen molar-refractivity contribution in [1.82, 2.24) is 5.32 Å². The molecule has 1 amide bonds. The first-order valence-electron chi connectivity index (χ1n) is 5.56. The topological polar surface area (TPSA) is 120 Å². The van der Waals surface area contributed by atoms with Crippen molar-refractivity contribution in [3.05, 3.63) is 5.53 Å². The number of hydrogen-bond donors (Lipinski definition) is 2. The van der Waals surface area contributed by atoms with Crippen LogP contribution in [0.1, 0.15) is 20.8 Å². The van der Waals surface area contributed by atoms with Crippen LogP contribution in [0, 0.1) is 11.8 Å². The second-order valence-corrected chi connectivity index (χ2v) is 4.46. The predicted octanol–water partition coefficient (Wildman–Crippen LogP) is -1.05. The van der Waals surface area contributed by atoms with Gasteiger partial charge in [0.05, 0.1) is 18.1 Å². The quantitative estimate of drug-likeness (QED) is 0.213. The highest BCUT2D eigenvalue weighted by molar-refractivity contribution is 6.64. The summed E-state index contributed by atoms with van der Waals surface area (Å²) in [4.78, 5) is 36.9. The maximum absolute atomic E-state index is 11.9. The number of carbonyl (C=O) groups excluding carboxylic acids is 3. The summed E-state index contributed by atoms with van der Waals surface area (Å²) >= 11 is 0. The smallest absolute Gasteiger partial charge is 0.393 e. The van der Waals surface area contributed by atoms with Crippen molar-refractivity contribution >= 4 is 23.2 Å². The van der Waals surface area contributed by atoms with Crippen molar-refractivity contribution < 1.29 is 24.3 Å². The van der Waals surface area contributed by atoms with E-state index in [0.29, 0.717) is 0 Å². The largest absolute Gasteiger partial charge is 0.400 e. The number of β-lactam (4-membered cyclic amide) rings is 1. The Morgan fingerprint density at radius 1 is 1.44 bits per heavy atom. The third-order valence-electron chi connectivity index (χ3n) is 3.14. The normalized spacial score (nSPS) is 25.2. The summed E-state index contributed by atoms with van der Waals surface area (Å²) < 4.78 is 0. The summed E-state index contributed by atoms with van der Waals surface area (Å²) in [6.45, 7) is 4.08. The van der Waals surface area contributed by atoms with Gasteiger partial charge in [-0.2, -0.15) is 4.79 Å². The van der Waals surface area contributed by atoms with Crippen LogP contribution in [0.4, 0.5) is 0 Å². The average Bonchev–Trinajstić information content (AvgIpc) is 2.24. The van der Waals surface area contributed by atoms with Crippen LogP contribution in [0.25, 0.3) is 5.53 Å². The lowest BCUT2D eigenvalue weighted by Gasteiger charge is -2.40. The zero-order valence-electron chi connectivity index (χ0n) is 10.4. The van der Waals surface area contributed by atoms with Crippen LogP contribution in [0.3, 0.4) is 0 Å². The van der Waals surface area contributed by atoms with E-state index in [0.717, 1.165) is 6.92 Å². The molecule has 1 rings (SSSR count). The zero-order chi connectivity index (χ0) is 14.0. The fraction of sp³-hybridized carbons (Fsp3) is 0.636. The average molecular weight is 253 g/mol. The molecule has 7 nitrogen and oxygen atoms in total. The van der Waals surface area contributed by atoms with Crippen molar-refractivity contribution in [3.8, 4) is 0 Å². The summed E-state index contributed by atoms with van der Waals surface area (Å²) in [6, 6.07) is -0.555. The Balaban J connectivity index is 2.86. The molecule has 2 N–H and O–H groups in total. The molecule has 0 aromatic heterocycles. The summed E-state index contributed by atoms with van der Waals surface area (Å²) in [6.07, 6.45) is -0.883. The predicted molar refractivity (Wildman–Crippen MR) is 60.6 cm³/mol. The maximum atomic E-state index is 11.9. The molecule has 0 aromatic rings. The summed E-state index contributed by atoms with van der Waals surface area (Å²) in [5, 5.41) is 11.9. The van der Waals surface area contributed by atoms with E-state index in [1.807, 2.05) is 0 Å². The highest BCUT2D eigenvalue weighted by Crippen LogP contribution is 2.26. The van der Waals surface area contributed by atoms with Crippen LogP contribution in [0.2, 0.25) is 0 Å². The van der Waals surface area contributed by atoms with E-state index in [2.05, 4.69) is 10.1 Å². The van der Waals surface area contributed by atoms with Crippen LogP contribution in [0.5, 0.6) is 0 Å². The highest BCUT2D eigenvalue weighted by atomic mass is 16.3. The molecule has 18 heavy (non-hydrogen) atoms. The molecular weight excluding hydrogens is 238 g/mol. The Labute approximate surface area is 104 Å². The second-order valence-electron chi connectivity index (χ2n) is 4.46. The number of aliphatic hydroxyl groups is 1. The SMILES string of the molecule is CC(=O)C(=[N+]=[N-])C(=O)[C@H](C)C1NC(=O)C1[C@@H](C)O. The number of rotatable bonds is 5. The molecule has 98 valence electrons. The maximum Gasteiger partial charge on any atom is 0.400 e. The lowest BCUT2D eigenvalue weighted by Crippen LogP contribution is -2.65. The molecule has 0 aromatic carbocycles. The Bertz CT molecular complexity index is 451. The van der Waals surface area contributed by atoms with Gasteiger partial charge in [-0.1, -0.05) is 6.92 Å². The van der Waals surface area contributed by atoms with Crippen molar-refractivity contribution in [2.75, 3.05) is 0 Å². The Kier molecular flexibility index (Phi) is 4.11. The molecule has 0 radical (unpaired) electrons. The monoisotopic (exact) mass is 253 g/mol. The molecular formula is C11H15N3O4. The first kappa shape index (κ1) is 14.2. The third-order valence-corrected chi connectivity index (χ3v) is 3.14. The molecule has 0 saturated carbocycles. The van der Waals surface area contributed by atoms with Crippen LogP contribution < -0.4 is 5.32 Å². The molecule has 7 heteroatoms. The minimum absolute atomic E-state index is 0.333. The number of aliphatic hydroxyl groups excluding tert-OH is 1. The van der Waals surface area contributed by atoms with Gasteiger partial charge in [0.15, 0.2) is 0 Å². The lowest BCUT2D eigenvalue weighted by molar-refractivity contribution is -0.144. The van der Waals surface area contributed by atoms with E-state index in [1.54, 1.807) is 0 Å². The van der Waals surface area contributed by atoms with Gasteiger partial charge in [-0.15, -0.1) is 0 Å². The molecule has 1 heterocycles. The van der Waals surface area contributed by atoms with Crippen molar-refractivity contribution in [1.29, 1.82) is 0 Å². The number of Topliss-reactive ketones (excluding diaryl/α,β-unsaturated/α-hetero) is 2. The van der Waals surface area contributed by atoms with Crippen LogP contribution >= 0.6 is 0 Å². The summed E-state index contributed by atoms with van der Waals surface area (Å²) in [7, 11) is 0. The molecule has 2 unspecified atom stereocenters. The van der Waals surface area contributed by atoms with Crippen LogP contribution in [-0.2, 0) is 14.4 Å². The second kappa shape index (κ2) is 5.20. The summed E-state index contributed by atoms with van der Waals surface area (Å²) in [5.41, 5.74) is 8.08. The standard InChI is InChI=1S/C11H15N3O4/c1-4(10(17)9(14-12)6(3)16)8-7(5(2)15)11(18)13-8/h4-5,7-8,15H,1-3H3,(H,13,18)/t4-,5-,7?,8?/m1/s1. The Hall–Kier alpha value is -1.85. The minimum atomic E-state index is -0.883. The molecule has 1 saturated heterocycles. The van der Waals surface area contributed by atoms with Crippen LogP contribution in [0.15, 0.2) is 0 Å². The molecule has 1 aliphatic rings. The lowest BCUT2D eigenvalue weighted by atomic mass is 9.76. The zero-order valence-corrected chi connectivity index (χ0v) is 10.4. The van der Waals surface area contributed by atoms with E-state index < -0.39 is 41.3 Å². The Morgan fingerprint density at radius 2 is 2.00 bits per heavy atom. The van der Waals surface area contributed by atoms with Crippen LogP contribution in [-0.4, -0.2) is 45.2 Å². The van der Waals surface area contributed by atoms with E-state index in [-0.39, 0.29) is 5.91 Å². The van der Waals surface area contributed by atoms with E-state index in [1.165, 1.54) is 13.8 Å². The number of amides is 1.